The van der Waals surface area contributed by atoms with Gasteiger partial charge in [0.2, 0.25) is 0 Å². The molecule has 6 heteroatoms. The van der Waals surface area contributed by atoms with Crippen LogP contribution in [-0.2, 0) is 6.54 Å². The molecule has 20 heavy (non-hydrogen) atoms. The summed E-state index contributed by atoms with van der Waals surface area (Å²) in [6.07, 6.45) is 1.98. The lowest BCUT2D eigenvalue weighted by Crippen LogP contribution is -2.15. The molecule has 2 N–H and O–H groups in total. The molecular weight excluding hydrogens is 354 g/mol. The van der Waals surface area contributed by atoms with Gasteiger partial charge < -0.3 is 10.6 Å². The zero-order valence-corrected chi connectivity index (χ0v) is 14.4. The lowest BCUT2D eigenvalue weighted by Gasteiger charge is -2.19. The van der Waals surface area contributed by atoms with Crippen molar-refractivity contribution in [1.29, 1.82) is 5.26 Å². The molecule has 0 aliphatic carbocycles. The lowest BCUT2D eigenvalue weighted by molar-refractivity contribution is 0.924. The van der Waals surface area contributed by atoms with Gasteiger partial charge in [-0.15, -0.1) is 23.1 Å². The van der Waals surface area contributed by atoms with Gasteiger partial charge in [-0.3, -0.25) is 0 Å². The summed E-state index contributed by atoms with van der Waals surface area (Å²) in [5, 5.41) is 10.2. The predicted molar refractivity (Wildman–Crippen MR) is 91.5 cm³/mol. The Balaban J connectivity index is 2.30. The van der Waals surface area contributed by atoms with E-state index in [4.69, 9.17) is 11.0 Å². The van der Waals surface area contributed by atoms with Crippen LogP contribution in [0.3, 0.4) is 0 Å². The molecule has 0 atom stereocenters. The first kappa shape index (κ1) is 15.2. The Morgan fingerprint density at radius 2 is 2.25 bits per heavy atom. The second-order valence-electron chi connectivity index (χ2n) is 4.28. The number of hydrogen-bond acceptors (Lipinski definition) is 5. The van der Waals surface area contributed by atoms with E-state index in [2.05, 4.69) is 39.0 Å². The van der Waals surface area contributed by atoms with E-state index in [1.165, 1.54) is 16.9 Å². The quantitative estimate of drug-likeness (QED) is 0.817. The molecule has 1 heterocycles. The Labute approximate surface area is 135 Å². The van der Waals surface area contributed by atoms with Crippen LogP contribution in [0.2, 0.25) is 0 Å². The minimum Gasteiger partial charge on any atom is -0.396 e. The van der Waals surface area contributed by atoms with Crippen molar-refractivity contribution in [2.45, 2.75) is 11.4 Å². The average molecular weight is 368 g/mol. The van der Waals surface area contributed by atoms with Gasteiger partial charge in [-0.05, 0) is 24.0 Å². The molecule has 0 fully saturated rings. The number of anilines is 2. The maximum Gasteiger partial charge on any atom is 0.131 e. The van der Waals surface area contributed by atoms with Gasteiger partial charge in [0.1, 0.15) is 15.9 Å². The second kappa shape index (κ2) is 6.53. The summed E-state index contributed by atoms with van der Waals surface area (Å²) < 4.78 is 1.07. The van der Waals surface area contributed by atoms with Gasteiger partial charge in [-0.1, -0.05) is 28.1 Å². The van der Waals surface area contributed by atoms with Crippen molar-refractivity contribution in [3.05, 3.63) is 39.2 Å². The van der Waals surface area contributed by atoms with E-state index >= 15 is 0 Å². The number of nitriles is 1. The fourth-order valence-electron chi connectivity index (χ4n) is 1.93. The van der Waals surface area contributed by atoms with E-state index in [1.54, 1.807) is 11.8 Å². The van der Waals surface area contributed by atoms with Gasteiger partial charge in [0.05, 0.1) is 10.6 Å². The van der Waals surface area contributed by atoms with E-state index in [1.807, 2.05) is 25.4 Å². The van der Waals surface area contributed by atoms with Crippen LogP contribution < -0.4 is 10.6 Å². The topological polar surface area (TPSA) is 53.0 Å². The number of thioether (sulfide) groups is 1. The molecule has 0 saturated heterocycles. The number of halogens is 1. The summed E-state index contributed by atoms with van der Waals surface area (Å²) in [4.78, 5) is 3.71. The van der Waals surface area contributed by atoms with Crippen LogP contribution in [0.5, 0.6) is 0 Å². The largest absolute Gasteiger partial charge is 0.396 e. The zero-order valence-electron chi connectivity index (χ0n) is 11.2. The third-order valence-corrected chi connectivity index (χ3v) is 5.51. The van der Waals surface area contributed by atoms with Crippen LogP contribution in [0, 0.1) is 11.3 Å². The molecule has 1 aromatic heterocycles. The van der Waals surface area contributed by atoms with Crippen LogP contribution in [-0.4, -0.2) is 13.3 Å². The Morgan fingerprint density at radius 1 is 1.50 bits per heavy atom. The Bertz CT molecular complexity index is 661. The molecule has 0 bridgehead atoms. The molecule has 0 aliphatic heterocycles. The number of nitrogens with zero attached hydrogens (tertiary/aromatic N) is 2. The average Bonchev–Trinajstić information content (AvgIpc) is 2.75. The van der Waals surface area contributed by atoms with Crippen molar-refractivity contribution in [2.75, 3.05) is 23.9 Å². The molecule has 2 rings (SSSR count). The molecule has 0 saturated carbocycles. The first-order valence-corrected chi connectivity index (χ1v) is 8.72. The summed E-state index contributed by atoms with van der Waals surface area (Å²) in [7, 11) is 2.02. The van der Waals surface area contributed by atoms with Gasteiger partial charge in [0.15, 0.2) is 0 Å². The van der Waals surface area contributed by atoms with Crippen LogP contribution >= 0.6 is 39.0 Å². The molecule has 0 spiro atoms. The predicted octanol–water partition coefficient (Wildman–Crippen LogP) is 4.32. The third kappa shape index (κ3) is 3.11. The van der Waals surface area contributed by atoms with Crippen molar-refractivity contribution in [1.82, 2.24) is 0 Å². The number of hydrogen-bond donors (Lipinski definition) is 1. The Hall–Kier alpha value is -1.16. The van der Waals surface area contributed by atoms with Crippen LogP contribution in [0.4, 0.5) is 10.7 Å². The van der Waals surface area contributed by atoms with Crippen LogP contribution in [0.15, 0.2) is 33.6 Å². The normalized spacial score (nSPS) is 10.3. The monoisotopic (exact) mass is 367 g/mol. The first-order valence-electron chi connectivity index (χ1n) is 5.88. The van der Waals surface area contributed by atoms with Crippen LogP contribution in [0.25, 0.3) is 0 Å². The number of nitrogens with two attached hydrogens (primary N) is 1. The SMILES string of the molecule is CSc1c(N(C)Cc2cccc(Br)c2)sc(C#N)c1N. The van der Waals surface area contributed by atoms with Crippen molar-refractivity contribution < 1.29 is 0 Å². The van der Waals surface area contributed by atoms with Gasteiger partial charge >= 0.3 is 0 Å². The fourth-order valence-corrected chi connectivity index (χ4v) is 4.34. The fraction of sp³-hybridized carbons (Fsp3) is 0.214. The van der Waals surface area contributed by atoms with Gasteiger partial charge in [0.25, 0.3) is 0 Å². The molecule has 3 nitrogen and oxygen atoms in total. The highest BCUT2D eigenvalue weighted by atomic mass is 79.9. The molecule has 2 aromatic rings. The maximum absolute atomic E-state index is 9.11. The molecule has 0 amide bonds. The summed E-state index contributed by atoms with van der Waals surface area (Å²) in [6, 6.07) is 10.4. The number of rotatable bonds is 4. The van der Waals surface area contributed by atoms with Gasteiger partial charge in [-0.2, -0.15) is 5.26 Å². The molecule has 104 valence electrons. The van der Waals surface area contributed by atoms with E-state index in [0.29, 0.717) is 10.6 Å². The highest BCUT2D eigenvalue weighted by Crippen LogP contribution is 2.43. The highest BCUT2D eigenvalue weighted by molar-refractivity contribution is 9.10. The van der Waals surface area contributed by atoms with Crippen molar-refractivity contribution in [3.8, 4) is 6.07 Å². The number of thiophene rings is 1. The minimum absolute atomic E-state index is 0.588. The Kier molecular flexibility index (Phi) is 4.97. The first-order chi connectivity index (χ1) is 9.56. The highest BCUT2D eigenvalue weighted by Gasteiger charge is 2.18. The van der Waals surface area contributed by atoms with Gasteiger partial charge in [0, 0.05) is 18.1 Å². The molecular formula is C14H14BrN3S2. The lowest BCUT2D eigenvalue weighted by atomic mass is 10.2. The standard InChI is InChI=1S/C14H14BrN3S2/c1-18(8-9-4-3-5-10(15)6-9)14-13(19-2)12(17)11(7-16)20-14/h3-6H,8,17H2,1-2H3. The third-order valence-electron chi connectivity index (χ3n) is 2.84. The smallest absolute Gasteiger partial charge is 0.131 e. The second-order valence-corrected chi connectivity index (χ2v) is 7.01. The van der Waals surface area contributed by atoms with E-state index in [9.17, 15) is 0 Å². The molecule has 0 unspecified atom stereocenters. The molecule has 0 aliphatic rings. The summed E-state index contributed by atoms with van der Waals surface area (Å²) >= 11 is 6.51. The van der Waals surface area contributed by atoms with E-state index < -0.39 is 0 Å². The summed E-state index contributed by atoms with van der Waals surface area (Å²) in [6.45, 7) is 0.776. The maximum atomic E-state index is 9.11. The molecule has 1 aromatic carbocycles. The zero-order chi connectivity index (χ0) is 14.7. The van der Waals surface area contributed by atoms with E-state index in [0.717, 1.165) is 20.9 Å². The molecule has 0 radical (unpaired) electrons. The van der Waals surface area contributed by atoms with Gasteiger partial charge in [-0.25, -0.2) is 0 Å². The summed E-state index contributed by atoms with van der Waals surface area (Å²) in [5.41, 5.74) is 7.82. The number of nitrogen functional groups attached to an aromatic ring is 1. The van der Waals surface area contributed by atoms with Crippen molar-refractivity contribution >= 4 is 49.7 Å². The minimum atomic E-state index is 0.588. The van der Waals surface area contributed by atoms with E-state index in [-0.39, 0.29) is 0 Å². The Morgan fingerprint density at radius 3 is 2.85 bits per heavy atom. The summed E-state index contributed by atoms with van der Waals surface area (Å²) in [5.74, 6) is 0. The van der Waals surface area contributed by atoms with Crippen molar-refractivity contribution in [3.63, 3.8) is 0 Å². The number of benzene rings is 1. The van der Waals surface area contributed by atoms with Crippen molar-refractivity contribution in [2.24, 2.45) is 0 Å². The van der Waals surface area contributed by atoms with Crippen LogP contribution in [0.1, 0.15) is 10.4 Å².